The molecule has 1 aromatic heterocycles. The number of aliphatic hydroxyl groups excluding tert-OH is 1. The molecule has 0 spiro atoms. The van der Waals surface area contributed by atoms with E-state index >= 15 is 0 Å². The molecule has 2 fully saturated rings. The number of imide groups is 1. The fourth-order valence-corrected chi connectivity index (χ4v) is 3.81. The molecule has 0 atom stereocenters. The molecule has 3 heterocycles. The van der Waals surface area contributed by atoms with E-state index in [1.54, 1.807) is 17.8 Å². The molecule has 2 N–H and O–H groups in total. The second kappa shape index (κ2) is 6.80. The van der Waals surface area contributed by atoms with Crippen LogP contribution in [0.4, 0.5) is 20.7 Å². The van der Waals surface area contributed by atoms with Crippen molar-refractivity contribution in [3.63, 3.8) is 0 Å². The van der Waals surface area contributed by atoms with Crippen molar-refractivity contribution in [3.8, 4) is 0 Å². The quantitative estimate of drug-likeness (QED) is 0.846. The summed E-state index contributed by atoms with van der Waals surface area (Å²) in [6.07, 6.45) is 1.84. The highest BCUT2D eigenvalue weighted by Crippen LogP contribution is 2.34. The second-order valence-corrected chi connectivity index (χ2v) is 7.14. The van der Waals surface area contributed by atoms with Crippen molar-refractivity contribution in [2.45, 2.75) is 19.3 Å². The number of aryl methyl sites for hydroxylation is 1. The molecule has 0 aliphatic carbocycles. The molecule has 2 aliphatic rings. The molecule has 9 heteroatoms. The summed E-state index contributed by atoms with van der Waals surface area (Å²) in [6.45, 7) is 1.76. The molecule has 1 aromatic carbocycles. The number of hydrogen-bond acceptors (Lipinski definition) is 5. The molecule has 0 saturated carbocycles. The van der Waals surface area contributed by atoms with Gasteiger partial charge in [0.05, 0.1) is 11.2 Å². The Labute approximate surface area is 155 Å². The number of nitrogens with one attached hydrogen (secondary N) is 1. The number of carbonyl (C=O) groups excluding carboxylic acids is 2. The van der Waals surface area contributed by atoms with Crippen molar-refractivity contribution in [1.29, 1.82) is 0 Å². The standard InChI is InChI=1S/C18H22FN5O3/c1-22-14-9-15(23-5-2-11(10-25)3-6-23)13(19)8-12(14)17(21-22)24-7-4-16(26)20-18(24)27/h8-9,11,25H,2-7,10H2,1H3,(H,20,26,27). The van der Waals surface area contributed by atoms with Crippen molar-refractivity contribution in [2.24, 2.45) is 13.0 Å². The Bertz CT molecular complexity index is 904. The van der Waals surface area contributed by atoms with Gasteiger partial charge < -0.3 is 10.0 Å². The van der Waals surface area contributed by atoms with E-state index in [1.165, 1.54) is 11.0 Å². The minimum absolute atomic E-state index is 0.168. The number of nitrogens with zero attached hydrogens (tertiary/aromatic N) is 4. The highest BCUT2D eigenvalue weighted by atomic mass is 19.1. The molecular weight excluding hydrogens is 353 g/mol. The van der Waals surface area contributed by atoms with Gasteiger partial charge in [-0.05, 0) is 30.9 Å². The first-order chi connectivity index (χ1) is 13.0. The first kappa shape index (κ1) is 17.7. The normalized spacial score (nSPS) is 19.1. The van der Waals surface area contributed by atoms with Gasteiger partial charge in [-0.3, -0.25) is 19.7 Å². The van der Waals surface area contributed by atoms with Crippen LogP contribution in [-0.2, 0) is 11.8 Å². The van der Waals surface area contributed by atoms with Crippen molar-refractivity contribution in [2.75, 3.05) is 36.0 Å². The summed E-state index contributed by atoms with van der Waals surface area (Å²) in [6, 6.07) is 2.63. The van der Waals surface area contributed by atoms with Crippen LogP contribution in [0.15, 0.2) is 12.1 Å². The summed E-state index contributed by atoms with van der Waals surface area (Å²) in [7, 11) is 1.75. The van der Waals surface area contributed by atoms with Crippen molar-refractivity contribution in [3.05, 3.63) is 17.9 Å². The number of aromatic nitrogens is 2. The highest BCUT2D eigenvalue weighted by Gasteiger charge is 2.29. The molecule has 2 saturated heterocycles. The van der Waals surface area contributed by atoms with Gasteiger partial charge in [0.15, 0.2) is 5.82 Å². The van der Waals surface area contributed by atoms with Crippen LogP contribution in [0.2, 0.25) is 0 Å². The minimum atomic E-state index is -0.540. The molecule has 27 heavy (non-hydrogen) atoms. The molecule has 2 aliphatic heterocycles. The van der Waals surface area contributed by atoms with E-state index < -0.39 is 6.03 Å². The van der Waals surface area contributed by atoms with Crippen molar-refractivity contribution in [1.82, 2.24) is 15.1 Å². The molecule has 0 bridgehead atoms. The summed E-state index contributed by atoms with van der Waals surface area (Å²) in [5.74, 6) is -0.0671. The van der Waals surface area contributed by atoms with E-state index in [2.05, 4.69) is 10.4 Å². The van der Waals surface area contributed by atoms with Crippen LogP contribution < -0.4 is 15.1 Å². The SMILES string of the molecule is Cn1nc(N2CCC(=O)NC2=O)c2cc(F)c(N3CCC(CO)CC3)cc21. The van der Waals surface area contributed by atoms with Crippen LogP contribution in [0.5, 0.6) is 0 Å². The molecule has 2 aromatic rings. The number of carbonyl (C=O) groups is 2. The minimum Gasteiger partial charge on any atom is -0.396 e. The van der Waals surface area contributed by atoms with E-state index in [1.807, 2.05) is 4.90 Å². The van der Waals surface area contributed by atoms with Gasteiger partial charge in [0, 0.05) is 45.1 Å². The Balaban J connectivity index is 1.69. The number of hydrogen-bond donors (Lipinski definition) is 2. The number of rotatable bonds is 3. The third-order valence-corrected chi connectivity index (χ3v) is 5.42. The Hall–Kier alpha value is -2.68. The van der Waals surface area contributed by atoms with Gasteiger partial charge in [-0.2, -0.15) is 5.10 Å². The monoisotopic (exact) mass is 375 g/mol. The van der Waals surface area contributed by atoms with E-state index in [4.69, 9.17) is 0 Å². The summed E-state index contributed by atoms with van der Waals surface area (Å²) in [5, 5.41) is 16.5. The van der Waals surface area contributed by atoms with E-state index in [9.17, 15) is 19.1 Å². The molecule has 144 valence electrons. The van der Waals surface area contributed by atoms with Crippen LogP contribution in [0.3, 0.4) is 0 Å². The first-order valence-corrected chi connectivity index (χ1v) is 9.11. The predicted octanol–water partition coefficient (Wildman–Crippen LogP) is 1.37. The fraction of sp³-hybridized carbons (Fsp3) is 0.500. The Morgan fingerprint density at radius 3 is 2.67 bits per heavy atom. The molecule has 3 amide bonds. The van der Waals surface area contributed by atoms with Crippen molar-refractivity contribution < 1.29 is 19.1 Å². The third kappa shape index (κ3) is 3.12. The van der Waals surface area contributed by atoms with Gasteiger partial charge in [0.2, 0.25) is 5.91 Å². The Morgan fingerprint density at radius 1 is 1.26 bits per heavy atom. The van der Waals surface area contributed by atoms with Gasteiger partial charge in [0.25, 0.3) is 0 Å². The summed E-state index contributed by atoms with van der Waals surface area (Å²) < 4.78 is 16.5. The zero-order valence-electron chi connectivity index (χ0n) is 15.1. The fourth-order valence-electron chi connectivity index (χ4n) is 3.81. The molecular formula is C18H22FN5O3. The van der Waals surface area contributed by atoms with Gasteiger partial charge in [-0.25, -0.2) is 9.18 Å². The van der Waals surface area contributed by atoms with Crippen LogP contribution >= 0.6 is 0 Å². The highest BCUT2D eigenvalue weighted by molar-refractivity contribution is 6.09. The Morgan fingerprint density at radius 2 is 2.00 bits per heavy atom. The summed E-state index contributed by atoms with van der Waals surface area (Å²) in [4.78, 5) is 26.9. The number of aliphatic hydroxyl groups is 1. The van der Waals surface area contributed by atoms with Gasteiger partial charge in [-0.15, -0.1) is 0 Å². The number of amides is 3. The molecule has 0 radical (unpaired) electrons. The van der Waals surface area contributed by atoms with Crippen molar-refractivity contribution >= 4 is 34.3 Å². The van der Waals surface area contributed by atoms with E-state index in [0.29, 0.717) is 30.0 Å². The smallest absolute Gasteiger partial charge is 0.329 e. The Kier molecular flexibility index (Phi) is 4.47. The zero-order valence-corrected chi connectivity index (χ0v) is 15.1. The maximum absolute atomic E-state index is 14.9. The number of urea groups is 1. The maximum Gasteiger partial charge on any atom is 0.329 e. The second-order valence-electron chi connectivity index (χ2n) is 7.14. The lowest BCUT2D eigenvalue weighted by Crippen LogP contribution is -2.49. The summed E-state index contributed by atoms with van der Waals surface area (Å²) >= 11 is 0. The number of piperidine rings is 1. The zero-order chi connectivity index (χ0) is 19.1. The summed E-state index contributed by atoms with van der Waals surface area (Å²) in [5.41, 5.74) is 1.22. The topological polar surface area (TPSA) is 90.7 Å². The predicted molar refractivity (Wildman–Crippen MR) is 98.2 cm³/mol. The van der Waals surface area contributed by atoms with Crippen LogP contribution in [0.1, 0.15) is 19.3 Å². The molecule has 4 rings (SSSR count). The number of anilines is 2. The molecule has 8 nitrogen and oxygen atoms in total. The number of benzene rings is 1. The van der Waals surface area contributed by atoms with Gasteiger partial charge in [-0.1, -0.05) is 0 Å². The maximum atomic E-state index is 14.9. The van der Waals surface area contributed by atoms with Crippen LogP contribution in [-0.4, -0.2) is 53.1 Å². The van der Waals surface area contributed by atoms with Gasteiger partial charge >= 0.3 is 6.03 Å². The lowest BCUT2D eigenvalue weighted by atomic mass is 9.97. The number of halogens is 1. The van der Waals surface area contributed by atoms with Gasteiger partial charge in [0.1, 0.15) is 5.82 Å². The first-order valence-electron chi connectivity index (χ1n) is 9.11. The van der Waals surface area contributed by atoms with E-state index in [-0.39, 0.29) is 37.2 Å². The molecule has 0 unspecified atom stereocenters. The largest absolute Gasteiger partial charge is 0.396 e. The van der Waals surface area contributed by atoms with Crippen LogP contribution in [0.25, 0.3) is 10.9 Å². The number of fused-ring (bicyclic) bond motifs is 1. The third-order valence-electron chi connectivity index (χ3n) is 5.42. The average Bonchev–Trinajstić information content (AvgIpc) is 2.97. The average molecular weight is 375 g/mol. The lowest BCUT2D eigenvalue weighted by Gasteiger charge is -2.33. The van der Waals surface area contributed by atoms with Crippen LogP contribution in [0, 0.1) is 11.7 Å². The lowest BCUT2D eigenvalue weighted by molar-refractivity contribution is -0.120. The van der Waals surface area contributed by atoms with E-state index in [0.717, 1.165) is 18.4 Å².